The molecule has 0 radical (unpaired) electrons. The van der Waals surface area contributed by atoms with Crippen LogP contribution >= 0.6 is 11.3 Å². The van der Waals surface area contributed by atoms with Crippen molar-refractivity contribution in [3.63, 3.8) is 0 Å². The zero-order valence-corrected chi connectivity index (χ0v) is 19.3. The first-order valence-corrected chi connectivity index (χ1v) is 11.7. The maximum atomic E-state index is 13.4. The van der Waals surface area contributed by atoms with Crippen LogP contribution in [-0.4, -0.2) is 15.0 Å². The zero-order chi connectivity index (χ0) is 24.4. The monoisotopic (exact) mass is 489 g/mol. The van der Waals surface area contributed by atoms with Crippen LogP contribution in [0.1, 0.15) is 16.9 Å². The summed E-state index contributed by atoms with van der Waals surface area (Å²) in [6.07, 6.45) is 1.69. The quantitative estimate of drug-likeness (QED) is 0.376. The van der Waals surface area contributed by atoms with Crippen molar-refractivity contribution >= 4 is 27.5 Å². The number of fused-ring (bicyclic) bond motifs is 1. The summed E-state index contributed by atoms with van der Waals surface area (Å²) in [6.45, 7) is 0.494. The van der Waals surface area contributed by atoms with Crippen LogP contribution in [0, 0.1) is 5.82 Å². The SMILES string of the molecule is O=C(Cc1ccc(-n2c(=O)c3sccc3n(Cc3ccc(F)cc3)c2=O)cc1)NCc1ccco1. The maximum absolute atomic E-state index is 13.4. The number of aromatic nitrogens is 2. The van der Waals surface area contributed by atoms with E-state index in [4.69, 9.17) is 4.42 Å². The standard InChI is InChI=1S/C26H20FN3O4S/c27-19-7-3-18(4-8-19)16-29-22-11-13-35-24(22)25(32)30(26(29)33)20-9-5-17(6-10-20)14-23(31)28-15-21-2-1-12-34-21/h1-13H,14-16H2,(H,28,31). The van der Waals surface area contributed by atoms with Crippen LogP contribution in [0.3, 0.4) is 0 Å². The molecular formula is C26H20FN3O4S. The van der Waals surface area contributed by atoms with Crippen molar-refractivity contribution in [2.75, 3.05) is 0 Å². The largest absolute Gasteiger partial charge is 0.467 e. The van der Waals surface area contributed by atoms with Crippen molar-refractivity contribution in [2.24, 2.45) is 0 Å². The minimum atomic E-state index is -0.492. The second kappa shape index (κ2) is 9.55. The Morgan fingerprint density at radius 2 is 1.71 bits per heavy atom. The van der Waals surface area contributed by atoms with Crippen molar-refractivity contribution < 1.29 is 13.6 Å². The van der Waals surface area contributed by atoms with Crippen molar-refractivity contribution in [3.8, 4) is 5.69 Å². The Kier molecular flexibility index (Phi) is 6.15. The maximum Gasteiger partial charge on any atom is 0.336 e. The average Bonchev–Trinajstić information content (AvgIpc) is 3.55. The molecule has 0 unspecified atom stereocenters. The van der Waals surface area contributed by atoms with Gasteiger partial charge in [0.1, 0.15) is 16.3 Å². The van der Waals surface area contributed by atoms with E-state index in [1.165, 1.54) is 28.0 Å². The first-order valence-electron chi connectivity index (χ1n) is 10.9. The van der Waals surface area contributed by atoms with Crippen molar-refractivity contribution in [1.82, 2.24) is 14.5 Å². The van der Waals surface area contributed by atoms with E-state index in [2.05, 4.69) is 5.32 Å². The predicted molar refractivity (Wildman–Crippen MR) is 131 cm³/mol. The van der Waals surface area contributed by atoms with Gasteiger partial charge in [0.2, 0.25) is 5.91 Å². The number of halogens is 1. The Labute approximate surface area is 202 Å². The van der Waals surface area contributed by atoms with Gasteiger partial charge in [-0.25, -0.2) is 13.8 Å². The van der Waals surface area contributed by atoms with E-state index in [1.807, 2.05) is 0 Å². The zero-order valence-electron chi connectivity index (χ0n) is 18.4. The first-order chi connectivity index (χ1) is 17.0. The van der Waals surface area contributed by atoms with Gasteiger partial charge < -0.3 is 9.73 Å². The fourth-order valence-corrected chi connectivity index (χ4v) is 4.67. The van der Waals surface area contributed by atoms with Gasteiger partial charge in [0.05, 0.1) is 37.0 Å². The van der Waals surface area contributed by atoms with Gasteiger partial charge in [-0.1, -0.05) is 24.3 Å². The van der Waals surface area contributed by atoms with E-state index in [1.54, 1.807) is 66.2 Å². The van der Waals surface area contributed by atoms with Gasteiger partial charge in [0, 0.05) is 0 Å². The lowest BCUT2D eigenvalue weighted by molar-refractivity contribution is -0.120. The van der Waals surface area contributed by atoms with Gasteiger partial charge in [0.25, 0.3) is 5.56 Å². The number of rotatable bonds is 7. The Bertz CT molecular complexity index is 1600. The van der Waals surface area contributed by atoms with Crippen LogP contribution in [0.5, 0.6) is 0 Å². The first kappa shape index (κ1) is 22.5. The molecule has 0 saturated heterocycles. The van der Waals surface area contributed by atoms with Crippen LogP contribution in [0.2, 0.25) is 0 Å². The van der Waals surface area contributed by atoms with Gasteiger partial charge in [-0.05, 0) is 59.0 Å². The Hall–Kier alpha value is -4.24. The molecule has 0 aliphatic carbocycles. The number of amides is 1. The van der Waals surface area contributed by atoms with E-state index >= 15 is 0 Å². The number of carbonyl (C=O) groups is 1. The van der Waals surface area contributed by atoms with Crippen molar-refractivity contribution in [2.45, 2.75) is 19.5 Å². The van der Waals surface area contributed by atoms with E-state index in [-0.39, 0.29) is 24.7 Å². The lowest BCUT2D eigenvalue weighted by atomic mass is 10.1. The van der Waals surface area contributed by atoms with Gasteiger partial charge in [-0.15, -0.1) is 11.3 Å². The minimum Gasteiger partial charge on any atom is -0.467 e. The van der Waals surface area contributed by atoms with Gasteiger partial charge >= 0.3 is 5.69 Å². The molecule has 2 aromatic carbocycles. The second-order valence-electron chi connectivity index (χ2n) is 7.97. The Morgan fingerprint density at radius 1 is 0.971 bits per heavy atom. The highest BCUT2D eigenvalue weighted by molar-refractivity contribution is 7.17. The Balaban J connectivity index is 1.43. The number of nitrogens with one attached hydrogen (secondary N) is 1. The number of hydrogen-bond acceptors (Lipinski definition) is 5. The fourth-order valence-electron chi connectivity index (χ4n) is 3.85. The molecule has 3 heterocycles. The summed E-state index contributed by atoms with van der Waals surface area (Å²) >= 11 is 1.26. The lowest BCUT2D eigenvalue weighted by Crippen LogP contribution is -2.38. The summed E-state index contributed by atoms with van der Waals surface area (Å²) < 4.78 is 21.6. The highest BCUT2D eigenvalue weighted by atomic mass is 32.1. The summed E-state index contributed by atoms with van der Waals surface area (Å²) in [5, 5.41) is 4.55. The number of carbonyl (C=O) groups excluding carboxylic acids is 1. The number of furan rings is 1. The molecule has 0 fully saturated rings. The highest BCUT2D eigenvalue weighted by Gasteiger charge is 2.16. The van der Waals surface area contributed by atoms with Gasteiger partial charge in [0.15, 0.2) is 0 Å². The molecule has 5 aromatic rings. The van der Waals surface area contributed by atoms with Crippen LogP contribution in [0.25, 0.3) is 15.9 Å². The molecule has 0 aliphatic rings. The van der Waals surface area contributed by atoms with E-state index in [0.29, 0.717) is 28.2 Å². The normalized spacial score (nSPS) is 11.1. The topological polar surface area (TPSA) is 86.2 Å². The second-order valence-corrected chi connectivity index (χ2v) is 8.89. The summed E-state index contributed by atoms with van der Waals surface area (Å²) in [5.74, 6) is 0.128. The fraction of sp³-hybridized carbons (Fsp3) is 0.115. The number of benzene rings is 2. The third-order valence-corrected chi connectivity index (χ3v) is 6.50. The summed E-state index contributed by atoms with van der Waals surface area (Å²) in [5.41, 5.74) is 1.52. The molecular weight excluding hydrogens is 469 g/mol. The third-order valence-electron chi connectivity index (χ3n) is 5.61. The smallest absolute Gasteiger partial charge is 0.336 e. The molecule has 1 N–H and O–H groups in total. The van der Waals surface area contributed by atoms with Gasteiger partial charge in [-0.3, -0.25) is 14.2 Å². The van der Waals surface area contributed by atoms with Crippen LogP contribution in [0.4, 0.5) is 4.39 Å². The third kappa shape index (κ3) is 4.71. The molecule has 3 aromatic heterocycles. The molecule has 0 spiro atoms. The molecule has 0 aliphatic heterocycles. The van der Waals surface area contributed by atoms with Crippen molar-refractivity contribution in [1.29, 1.82) is 0 Å². The molecule has 1 amide bonds. The number of hydrogen-bond donors (Lipinski definition) is 1. The number of nitrogens with zero attached hydrogens (tertiary/aromatic N) is 2. The molecule has 5 rings (SSSR count). The van der Waals surface area contributed by atoms with Crippen molar-refractivity contribution in [3.05, 3.63) is 122 Å². The molecule has 35 heavy (non-hydrogen) atoms. The van der Waals surface area contributed by atoms with E-state index in [9.17, 15) is 18.8 Å². The van der Waals surface area contributed by atoms with Crippen LogP contribution in [-0.2, 0) is 24.3 Å². The minimum absolute atomic E-state index is 0.147. The Morgan fingerprint density at radius 3 is 2.43 bits per heavy atom. The van der Waals surface area contributed by atoms with Crippen LogP contribution < -0.4 is 16.6 Å². The summed E-state index contributed by atoms with van der Waals surface area (Å²) in [7, 11) is 0. The van der Waals surface area contributed by atoms with Crippen LogP contribution in [0.15, 0.2) is 92.4 Å². The lowest BCUT2D eigenvalue weighted by Gasteiger charge is -2.13. The molecule has 176 valence electrons. The average molecular weight is 490 g/mol. The number of thiophene rings is 1. The van der Waals surface area contributed by atoms with E-state index in [0.717, 1.165) is 15.7 Å². The summed E-state index contributed by atoms with van der Waals surface area (Å²) in [4.78, 5) is 38.8. The van der Waals surface area contributed by atoms with Gasteiger partial charge in [-0.2, -0.15) is 0 Å². The molecule has 0 atom stereocenters. The molecule has 7 nitrogen and oxygen atoms in total. The molecule has 0 saturated carbocycles. The summed E-state index contributed by atoms with van der Waals surface area (Å²) in [6, 6.07) is 17.9. The highest BCUT2D eigenvalue weighted by Crippen LogP contribution is 2.18. The predicted octanol–water partition coefficient (Wildman–Crippen LogP) is 3.85. The molecule has 9 heteroatoms. The molecule has 0 bridgehead atoms. The van der Waals surface area contributed by atoms with E-state index < -0.39 is 11.2 Å².